The van der Waals surface area contributed by atoms with Crippen LogP contribution in [-0.4, -0.2) is 30.7 Å². The summed E-state index contributed by atoms with van der Waals surface area (Å²) in [5.41, 5.74) is 6.45. The summed E-state index contributed by atoms with van der Waals surface area (Å²) < 4.78 is 24.6. The van der Waals surface area contributed by atoms with E-state index in [9.17, 15) is 13.2 Å². The molecule has 1 aromatic carbocycles. The summed E-state index contributed by atoms with van der Waals surface area (Å²) in [4.78, 5) is 10.6. The maximum Gasteiger partial charge on any atom is 0.320 e. The molecule has 1 rings (SSSR count). The summed E-state index contributed by atoms with van der Waals surface area (Å²) in [6.07, 6.45) is 0.178. The lowest BCUT2D eigenvalue weighted by atomic mass is 10.1. The third kappa shape index (κ3) is 4.52. The number of aliphatic carboxylic acids is 1. The van der Waals surface area contributed by atoms with Crippen LogP contribution in [0.2, 0.25) is 0 Å². The lowest BCUT2D eigenvalue weighted by Gasteiger charge is -2.08. The number of hydrogen-bond acceptors (Lipinski definition) is 4. The summed E-state index contributed by atoms with van der Waals surface area (Å²) >= 11 is 5.25. The number of anilines is 1. The van der Waals surface area contributed by atoms with Gasteiger partial charge in [0.05, 0.1) is 0 Å². The zero-order valence-corrected chi connectivity index (χ0v) is 10.9. The van der Waals surface area contributed by atoms with Gasteiger partial charge in [0.25, 0.3) is 0 Å². The van der Waals surface area contributed by atoms with Crippen LogP contribution in [0.25, 0.3) is 0 Å². The number of nitrogens with one attached hydrogen (secondary N) is 1. The second-order valence-corrected chi connectivity index (χ2v) is 5.98. The second-order valence-electron chi connectivity index (χ2n) is 3.67. The van der Waals surface area contributed by atoms with Crippen molar-refractivity contribution in [2.24, 2.45) is 5.73 Å². The van der Waals surface area contributed by atoms with E-state index in [2.05, 4.69) is 4.72 Å². The van der Waals surface area contributed by atoms with E-state index in [-0.39, 0.29) is 6.42 Å². The molecule has 6 nitrogen and oxygen atoms in total. The van der Waals surface area contributed by atoms with Crippen LogP contribution in [0, 0.1) is 0 Å². The van der Waals surface area contributed by atoms with E-state index in [1.165, 1.54) is 12.1 Å². The predicted molar refractivity (Wildman–Crippen MR) is 69.0 cm³/mol. The molecule has 0 radical (unpaired) electrons. The number of sulfonamides is 1. The Kier molecular flexibility index (Phi) is 4.94. The van der Waals surface area contributed by atoms with Crippen LogP contribution in [0.3, 0.4) is 0 Å². The van der Waals surface area contributed by atoms with E-state index < -0.39 is 27.2 Å². The maximum atomic E-state index is 11.2. The summed E-state index contributed by atoms with van der Waals surface area (Å²) in [5.74, 6) is -1.08. The van der Waals surface area contributed by atoms with Crippen molar-refractivity contribution in [1.29, 1.82) is 0 Å². The molecule has 0 bridgehead atoms. The molecule has 0 aliphatic heterocycles. The Morgan fingerprint density at radius 1 is 1.39 bits per heavy atom. The first kappa shape index (κ1) is 14.7. The van der Waals surface area contributed by atoms with Gasteiger partial charge in [-0.15, -0.1) is 11.6 Å². The first-order valence-corrected chi connectivity index (χ1v) is 7.16. The highest BCUT2D eigenvalue weighted by Gasteiger charge is 2.12. The average Bonchev–Trinajstić information content (AvgIpc) is 2.31. The number of benzene rings is 1. The molecule has 1 atom stereocenters. The van der Waals surface area contributed by atoms with Crippen LogP contribution < -0.4 is 10.5 Å². The van der Waals surface area contributed by atoms with E-state index in [0.717, 1.165) is 0 Å². The van der Waals surface area contributed by atoms with E-state index in [4.69, 9.17) is 22.4 Å². The lowest BCUT2D eigenvalue weighted by Crippen LogP contribution is -2.32. The largest absolute Gasteiger partial charge is 0.480 e. The van der Waals surface area contributed by atoms with Crippen molar-refractivity contribution in [3.8, 4) is 0 Å². The highest BCUT2D eigenvalue weighted by molar-refractivity contribution is 7.93. The third-order valence-corrected chi connectivity index (χ3v) is 3.84. The van der Waals surface area contributed by atoms with Crippen molar-refractivity contribution < 1.29 is 18.3 Å². The SMILES string of the molecule is NC(Cc1ccc(NS(=O)(=O)CCl)cc1)C(=O)O. The number of alkyl halides is 1. The van der Waals surface area contributed by atoms with Gasteiger partial charge in [-0.3, -0.25) is 9.52 Å². The summed E-state index contributed by atoms with van der Waals surface area (Å²) in [6.45, 7) is 0. The number of carboxylic acid groups (broad SMARTS) is 1. The Hall–Kier alpha value is -1.31. The molecular weight excluding hydrogens is 280 g/mol. The van der Waals surface area contributed by atoms with Crippen LogP contribution in [0.5, 0.6) is 0 Å². The predicted octanol–water partition coefficient (Wildman–Crippen LogP) is 0.579. The molecular formula is C10H13ClN2O4S. The Morgan fingerprint density at radius 3 is 2.39 bits per heavy atom. The zero-order valence-electron chi connectivity index (χ0n) is 9.34. The highest BCUT2D eigenvalue weighted by atomic mass is 35.5. The summed E-state index contributed by atoms with van der Waals surface area (Å²) in [5, 5.41) is 8.12. The molecule has 0 fully saturated rings. The van der Waals surface area contributed by atoms with Gasteiger partial charge >= 0.3 is 5.97 Å². The quantitative estimate of drug-likeness (QED) is 0.664. The molecule has 1 unspecified atom stereocenters. The minimum atomic E-state index is -3.53. The van der Waals surface area contributed by atoms with Gasteiger partial charge in [-0.25, -0.2) is 8.42 Å². The number of halogens is 1. The van der Waals surface area contributed by atoms with Crippen LogP contribution >= 0.6 is 11.6 Å². The monoisotopic (exact) mass is 292 g/mol. The minimum Gasteiger partial charge on any atom is -0.480 e. The van der Waals surface area contributed by atoms with Crippen molar-refractivity contribution in [3.05, 3.63) is 29.8 Å². The highest BCUT2D eigenvalue weighted by Crippen LogP contribution is 2.13. The van der Waals surface area contributed by atoms with Gasteiger partial charge in [-0.1, -0.05) is 12.1 Å². The summed E-state index contributed by atoms with van der Waals surface area (Å²) in [6, 6.07) is 5.28. The van der Waals surface area contributed by atoms with E-state index in [1.54, 1.807) is 12.1 Å². The fourth-order valence-electron chi connectivity index (χ4n) is 1.26. The molecule has 0 heterocycles. The molecule has 0 saturated heterocycles. The molecule has 0 amide bonds. The molecule has 0 aliphatic rings. The maximum absolute atomic E-state index is 11.2. The zero-order chi connectivity index (χ0) is 13.8. The Labute approximate surface area is 110 Å². The van der Waals surface area contributed by atoms with Crippen molar-refractivity contribution in [3.63, 3.8) is 0 Å². The fraction of sp³-hybridized carbons (Fsp3) is 0.300. The standard InChI is InChI=1S/C10H13ClN2O4S/c11-6-18(16,17)13-8-3-1-7(2-4-8)5-9(12)10(14)15/h1-4,9,13H,5-6,12H2,(H,14,15). The van der Waals surface area contributed by atoms with Crippen LogP contribution in [0.15, 0.2) is 24.3 Å². The van der Waals surface area contributed by atoms with Gasteiger partial charge < -0.3 is 10.8 Å². The van der Waals surface area contributed by atoms with Gasteiger partial charge in [0, 0.05) is 5.69 Å². The average molecular weight is 293 g/mol. The molecule has 100 valence electrons. The molecule has 0 saturated carbocycles. The third-order valence-electron chi connectivity index (χ3n) is 2.14. The van der Waals surface area contributed by atoms with Gasteiger partial charge in [0.15, 0.2) is 0 Å². The molecule has 0 aromatic heterocycles. The van der Waals surface area contributed by atoms with E-state index >= 15 is 0 Å². The molecule has 0 spiro atoms. The van der Waals surface area contributed by atoms with E-state index in [0.29, 0.717) is 11.3 Å². The first-order valence-electron chi connectivity index (χ1n) is 4.98. The normalized spacial score (nSPS) is 13.0. The lowest BCUT2D eigenvalue weighted by molar-refractivity contribution is -0.138. The Balaban J connectivity index is 2.72. The number of nitrogens with two attached hydrogens (primary N) is 1. The van der Waals surface area contributed by atoms with Gasteiger partial charge in [-0.05, 0) is 24.1 Å². The number of carboxylic acids is 1. The molecule has 4 N–H and O–H groups in total. The van der Waals surface area contributed by atoms with Crippen molar-refractivity contribution in [2.45, 2.75) is 12.5 Å². The van der Waals surface area contributed by atoms with Gasteiger partial charge in [-0.2, -0.15) is 0 Å². The molecule has 18 heavy (non-hydrogen) atoms. The first-order chi connectivity index (χ1) is 8.34. The molecule has 1 aromatic rings. The Morgan fingerprint density at radius 2 is 1.94 bits per heavy atom. The number of carbonyl (C=O) groups is 1. The van der Waals surface area contributed by atoms with Crippen LogP contribution in [0.1, 0.15) is 5.56 Å². The topological polar surface area (TPSA) is 109 Å². The fourth-order valence-corrected chi connectivity index (χ4v) is 1.97. The number of hydrogen-bond donors (Lipinski definition) is 3. The minimum absolute atomic E-state index is 0.178. The van der Waals surface area contributed by atoms with Crippen molar-refractivity contribution in [2.75, 3.05) is 9.93 Å². The van der Waals surface area contributed by atoms with Crippen LogP contribution in [-0.2, 0) is 21.2 Å². The second kappa shape index (κ2) is 6.03. The molecule has 0 aliphatic carbocycles. The number of rotatable bonds is 6. The van der Waals surface area contributed by atoms with Gasteiger partial charge in [0.1, 0.15) is 11.3 Å². The van der Waals surface area contributed by atoms with Gasteiger partial charge in [0.2, 0.25) is 10.0 Å². The van der Waals surface area contributed by atoms with Crippen LogP contribution in [0.4, 0.5) is 5.69 Å². The van der Waals surface area contributed by atoms with Crippen molar-refractivity contribution in [1.82, 2.24) is 0 Å². The van der Waals surface area contributed by atoms with Crippen molar-refractivity contribution >= 4 is 33.3 Å². The summed E-state index contributed by atoms with van der Waals surface area (Å²) in [7, 11) is -3.53. The molecule has 8 heteroatoms. The smallest absolute Gasteiger partial charge is 0.320 e. The Bertz CT molecular complexity index is 515. The van der Waals surface area contributed by atoms with E-state index in [1.807, 2.05) is 0 Å².